The maximum Gasteiger partial charge on any atom is 0.253 e. The summed E-state index contributed by atoms with van der Waals surface area (Å²) in [6.07, 6.45) is 6.46. The van der Waals surface area contributed by atoms with E-state index < -0.39 is 0 Å². The highest BCUT2D eigenvalue weighted by Crippen LogP contribution is 2.27. The van der Waals surface area contributed by atoms with Gasteiger partial charge in [-0.25, -0.2) is 9.97 Å². The van der Waals surface area contributed by atoms with Crippen LogP contribution in [0.25, 0.3) is 10.9 Å². The van der Waals surface area contributed by atoms with E-state index in [1.165, 1.54) is 0 Å². The van der Waals surface area contributed by atoms with Crippen molar-refractivity contribution in [3.63, 3.8) is 0 Å². The Balaban J connectivity index is 1.26. The number of aromatic nitrogens is 4. The summed E-state index contributed by atoms with van der Waals surface area (Å²) < 4.78 is 5.46. The highest BCUT2D eigenvalue weighted by molar-refractivity contribution is 6.05. The quantitative estimate of drug-likeness (QED) is 0.707. The molecule has 0 saturated carbocycles. The molecule has 1 unspecified atom stereocenters. The fourth-order valence-corrected chi connectivity index (χ4v) is 4.22. The highest BCUT2D eigenvalue weighted by Gasteiger charge is 2.27. The fourth-order valence-electron chi connectivity index (χ4n) is 4.22. The first kappa shape index (κ1) is 18.1. The largest absolute Gasteiger partial charge is 0.381 e. The fraction of sp³-hybridized carbons (Fsp3) is 0.429. The Morgan fingerprint density at radius 3 is 3.00 bits per heavy atom. The third-order valence-electron chi connectivity index (χ3n) is 5.83. The Hall–Kier alpha value is -3.00. The molecule has 0 aliphatic carbocycles. The van der Waals surface area contributed by atoms with E-state index in [0.717, 1.165) is 61.6 Å². The minimum Gasteiger partial charge on any atom is -0.381 e. The summed E-state index contributed by atoms with van der Waals surface area (Å²) in [7, 11) is 0. The Morgan fingerprint density at radius 1 is 1.21 bits per heavy atom. The smallest absolute Gasteiger partial charge is 0.253 e. The van der Waals surface area contributed by atoms with E-state index in [2.05, 4.69) is 25.4 Å². The molecule has 2 aliphatic rings. The van der Waals surface area contributed by atoms with E-state index in [-0.39, 0.29) is 11.9 Å². The second kappa shape index (κ2) is 7.79. The van der Waals surface area contributed by atoms with Crippen molar-refractivity contribution >= 4 is 22.8 Å². The van der Waals surface area contributed by atoms with Gasteiger partial charge in [-0.15, -0.1) is 0 Å². The minimum atomic E-state index is -0.0800. The van der Waals surface area contributed by atoms with Crippen LogP contribution in [0.5, 0.6) is 0 Å². The van der Waals surface area contributed by atoms with Gasteiger partial charge in [-0.05, 0) is 31.4 Å². The maximum atomic E-state index is 12.8. The van der Waals surface area contributed by atoms with Gasteiger partial charge in [-0.1, -0.05) is 12.1 Å². The number of nitrogens with zero attached hydrogens (tertiary/aromatic N) is 4. The molecular formula is C21H24N6O2. The molecule has 3 aromatic rings. The number of nitrogens with one attached hydrogen (secondary N) is 2. The second-order valence-electron chi connectivity index (χ2n) is 7.71. The summed E-state index contributed by atoms with van der Waals surface area (Å²) in [6, 6.07) is 7.72. The third-order valence-corrected chi connectivity index (χ3v) is 5.83. The average molecular weight is 392 g/mol. The predicted molar refractivity (Wildman–Crippen MR) is 109 cm³/mol. The molecule has 2 aromatic heterocycles. The van der Waals surface area contributed by atoms with Gasteiger partial charge in [-0.2, -0.15) is 5.10 Å². The van der Waals surface area contributed by atoms with E-state index in [0.29, 0.717) is 18.0 Å². The predicted octanol–water partition coefficient (Wildman–Crippen LogP) is 2.26. The summed E-state index contributed by atoms with van der Waals surface area (Å²) >= 11 is 0. The monoisotopic (exact) mass is 392 g/mol. The molecule has 29 heavy (non-hydrogen) atoms. The molecule has 1 amide bonds. The van der Waals surface area contributed by atoms with E-state index in [1.807, 2.05) is 30.5 Å². The molecule has 1 atom stereocenters. The zero-order valence-corrected chi connectivity index (χ0v) is 16.2. The first-order valence-corrected chi connectivity index (χ1v) is 10.2. The molecule has 1 aromatic carbocycles. The van der Waals surface area contributed by atoms with Crippen molar-refractivity contribution in [1.29, 1.82) is 0 Å². The van der Waals surface area contributed by atoms with Gasteiger partial charge in [0.25, 0.3) is 5.91 Å². The Morgan fingerprint density at radius 2 is 2.10 bits per heavy atom. The van der Waals surface area contributed by atoms with Gasteiger partial charge in [0, 0.05) is 55.5 Å². The Labute approximate surface area is 168 Å². The normalized spacial score (nSPS) is 20.3. The van der Waals surface area contributed by atoms with Crippen LogP contribution >= 0.6 is 0 Å². The van der Waals surface area contributed by atoms with Crippen LogP contribution in [0.3, 0.4) is 0 Å². The second-order valence-corrected chi connectivity index (χ2v) is 7.71. The lowest BCUT2D eigenvalue weighted by Crippen LogP contribution is -2.37. The van der Waals surface area contributed by atoms with Gasteiger partial charge in [0.1, 0.15) is 0 Å². The minimum absolute atomic E-state index is 0.0658. The van der Waals surface area contributed by atoms with E-state index >= 15 is 0 Å². The number of para-hydroxylation sites is 1. The zero-order chi connectivity index (χ0) is 19.6. The molecule has 5 rings (SSSR count). The summed E-state index contributed by atoms with van der Waals surface area (Å²) in [5, 5.41) is 11.0. The number of H-pyrrole nitrogens is 1. The van der Waals surface area contributed by atoms with Crippen LogP contribution in [0.2, 0.25) is 0 Å². The SMILES string of the molecule is O=C(NC1CCN(c2nccc(C3CCOCC3)n2)C1)c1cccc2cn[nH]c12. The molecule has 8 nitrogen and oxygen atoms in total. The molecular weight excluding hydrogens is 368 g/mol. The number of hydrogen-bond acceptors (Lipinski definition) is 6. The van der Waals surface area contributed by atoms with Crippen LogP contribution in [0.4, 0.5) is 5.95 Å². The lowest BCUT2D eigenvalue weighted by Gasteiger charge is -2.23. The number of anilines is 1. The third kappa shape index (κ3) is 3.67. The van der Waals surface area contributed by atoms with Gasteiger partial charge < -0.3 is 15.0 Å². The van der Waals surface area contributed by atoms with Crippen molar-refractivity contribution in [2.45, 2.75) is 31.2 Å². The molecule has 150 valence electrons. The summed E-state index contributed by atoms with van der Waals surface area (Å²) in [5.41, 5.74) is 2.49. The average Bonchev–Trinajstić information content (AvgIpc) is 3.44. The highest BCUT2D eigenvalue weighted by atomic mass is 16.5. The topological polar surface area (TPSA) is 96.0 Å². The molecule has 0 radical (unpaired) electrons. The van der Waals surface area contributed by atoms with Gasteiger partial charge >= 0.3 is 0 Å². The van der Waals surface area contributed by atoms with Crippen molar-refractivity contribution in [3.8, 4) is 0 Å². The summed E-state index contributed by atoms with van der Waals surface area (Å²) in [4.78, 5) is 24.3. The Bertz CT molecular complexity index is 1010. The van der Waals surface area contributed by atoms with Gasteiger partial charge in [0.2, 0.25) is 5.95 Å². The van der Waals surface area contributed by atoms with Crippen LogP contribution in [0.15, 0.2) is 36.7 Å². The van der Waals surface area contributed by atoms with Crippen molar-refractivity contribution in [2.75, 3.05) is 31.2 Å². The van der Waals surface area contributed by atoms with Gasteiger partial charge in [-0.3, -0.25) is 9.89 Å². The number of carbonyl (C=O) groups excluding carboxylic acids is 1. The lowest BCUT2D eigenvalue weighted by molar-refractivity contribution is 0.0845. The van der Waals surface area contributed by atoms with Crippen LogP contribution in [-0.4, -0.2) is 58.4 Å². The van der Waals surface area contributed by atoms with E-state index in [9.17, 15) is 4.79 Å². The number of ether oxygens (including phenoxy) is 1. The molecule has 4 heterocycles. The van der Waals surface area contributed by atoms with Crippen molar-refractivity contribution in [3.05, 3.63) is 47.9 Å². The molecule has 2 N–H and O–H groups in total. The van der Waals surface area contributed by atoms with Crippen LogP contribution < -0.4 is 10.2 Å². The number of rotatable bonds is 4. The molecule has 8 heteroatoms. The molecule has 2 fully saturated rings. The number of carbonyl (C=O) groups is 1. The van der Waals surface area contributed by atoms with Gasteiger partial charge in [0.15, 0.2) is 0 Å². The van der Waals surface area contributed by atoms with Crippen molar-refractivity contribution in [2.24, 2.45) is 0 Å². The number of fused-ring (bicyclic) bond motifs is 1. The number of aromatic amines is 1. The number of amides is 1. The van der Waals surface area contributed by atoms with Crippen molar-refractivity contribution < 1.29 is 9.53 Å². The van der Waals surface area contributed by atoms with E-state index in [4.69, 9.17) is 9.72 Å². The first-order valence-electron chi connectivity index (χ1n) is 10.2. The summed E-state index contributed by atoms with van der Waals surface area (Å²) in [5.74, 6) is 1.11. The molecule has 0 bridgehead atoms. The van der Waals surface area contributed by atoms with Crippen molar-refractivity contribution in [1.82, 2.24) is 25.5 Å². The first-order chi connectivity index (χ1) is 14.3. The van der Waals surface area contributed by atoms with Crippen LogP contribution in [0.1, 0.15) is 41.2 Å². The molecule has 2 aliphatic heterocycles. The Kier molecular flexibility index (Phi) is 4.85. The van der Waals surface area contributed by atoms with Crippen LogP contribution in [-0.2, 0) is 4.74 Å². The zero-order valence-electron chi connectivity index (χ0n) is 16.2. The number of hydrogen-bond donors (Lipinski definition) is 2. The maximum absolute atomic E-state index is 12.8. The molecule has 2 saturated heterocycles. The van der Waals surface area contributed by atoms with E-state index in [1.54, 1.807) is 6.20 Å². The number of benzene rings is 1. The standard InChI is InChI=1S/C21H24N6O2/c28-20(17-3-1-2-15-12-23-26-19(15)17)24-16-5-9-27(13-16)21-22-8-4-18(25-21)14-6-10-29-11-7-14/h1-4,8,12,14,16H,5-7,9-11,13H2,(H,23,26)(H,24,28). The lowest BCUT2D eigenvalue weighted by atomic mass is 9.96. The molecule has 0 spiro atoms. The van der Waals surface area contributed by atoms with Crippen LogP contribution in [0, 0.1) is 0 Å². The van der Waals surface area contributed by atoms with Gasteiger partial charge in [0.05, 0.1) is 17.3 Å². The summed E-state index contributed by atoms with van der Waals surface area (Å²) in [6.45, 7) is 3.13.